The number of aromatic nitrogens is 3. The third-order valence-corrected chi connectivity index (χ3v) is 6.63. The second-order valence-corrected chi connectivity index (χ2v) is 12.6. The van der Waals surface area contributed by atoms with Crippen molar-refractivity contribution in [2.75, 3.05) is 13.2 Å². The molecule has 1 aromatic heterocycles. The predicted molar refractivity (Wildman–Crippen MR) is 143 cm³/mol. The summed E-state index contributed by atoms with van der Waals surface area (Å²) in [4.78, 5) is 41.6. The van der Waals surface area contributed by atoms with Crippen LogP contribution in [0.25, 0.3) is 0 Å². The molecule has 0 amide bonds. The van der Waals surface area contributed by atoms with Crippen LogP contribution in [0.1, 0.15) is 109 Å². The van der Waals surface area contributed by atoms with E-state index in [-0.39, 0.29) is 12.2 Å². The van der Waals surface area contributed by atoms with Crippen molar-refractivity contribution in [3.63, 3.8) is 0 Å². The lowest BCUT2D eigenvalue weighted by Crippen LogP contribution is -2.65. The van der Waals surface area contributed by atoms with Crippen molar-refractivity contribution < 1.29 is 9.47 Å². The van der Waals surface area contributed by atoms with Crippen molar-refractivity contribution >= 4 is 0 Å². The van der Waals surface area contributed by atoms with E-state index in [0.29, 0.717) is 38.4 Å². The molecule has 0 aliphatic heterocycles. The highest BCUT2D eigenvalue weighted by molar-refractivity contribution is 4.96. The SMILES string of the molecule is CC(C)CCC(C)(C)n1c(=O)n(C(C)(C)CCOC(C)C)c(=O)n(C(C)(C)CCOC(C)C)c1=O. The van der Waals surface area contributed by atoms with Gasteiger partial charge < -0.3 is 9.47 Å². The Hall–Kier alpha value is -1.67. The average molecular weight is 498 g/mol. The lowest BCUT2D eigenvalue weighted by molar-refractivity contribution is 0.0509. The van der Waals surface area contributed by atoms with Gasteiger partial charge in [0.25, 0.3) is 0 Å². The molecule has 0 aromatic carbocycles. The van der Waals surface area contributed by atoms with Gasteiger partial charge in [-0.25, -0.2) is 28.1 Å². The molecule has 0 saturated carbocycles. The third-order valence-electron chi connectivity index (χ3n) is 6.63. The summed E-state index contributed by atoms with van der Waals surface area (Å²) in [5.41, 5.74) is -4.16. The average Bonchev–Trinajstić information content (AvgIpc) is 2.64. The molecular formula is C27H51N3O5. The van der Waals surface area contributed by atoms with Crippen LogP contribution in [-0.2, 0) is 26.1 Å². The minimum atomic E-state index is -0.848. The van der Waals surface area contributed by atoms with Gasteiger partial charge in [-0.1, -0.05) is 13.8 Å². The molecule has 0 spiro atoms. The highest BCUT2D eigenvalue weighted by Crippen LogP contribution is 2.24. The zero-order chi connectivity index (χ0) is 27.4. The fraction of sp³-hybridized carbons (Fsp3) is 0.889. The van der Waals surface area contributed by atoms with E-state index in [4.69, 9.17) is 9.47 Å². The standard InChI is InChI=1S/C27H51N3O5/c1-19(2)13-14-25(7,8)28-22(31)29(26(9,10)15-17-34-20(3)4)24(33)30(23(28)32)27(11,12)16-18-35-21(5)6/h19-21H,13-18H2,1-12H3. The van der Waals surface area contributed by atoms with Crippen LogP contribution in [0.5, 0.6) is 0 Å². The Kier molecular flexibility index (Phi) is 10.8. The van der Waals surface area contributed by atoms with Gasteiger partial charge in [0.2, 0.25) is 0 Å². The minimum absolute atomic E-state index is 0.0444. The Labute approximate surface area is 211 Å². The largest absolute Gasteiger partial charge is 0.379 e. The van der Waals surface area contributed by atoms with Gasteiger partial charge in [0.05, 0.1) is 23.3 Å². The Balaban J connectivity index is 3.84. The molecule has 0 aliphatic rings. The molecule has 0 bridgehead atoms. The zero-order valence-electron chi connectivity index (χ0n) is 24.4. The predicted octanol–water partition coefficient (Wildman–Crippen LogP) is 4.44. The van der Waals surface area contributed by atoms with E-state index in [1.54, 1.807) is 0 Å². The van der Waals surface area contributed by atoms with Crippen LogP contribution in [0.4, 0.5) is 0 Å². The van der Waals surface area contributed by atoms with E-state index in [0.717, 1.165) is 6.42 Å². The molecule has 1 rings (SSSR count). The molecular weight excluding hydrogens is 446 g/mol. The first-order valence-electron chi connectivity index (χ1n) is 13.1. The summed E-state index contributed by atoms with van der Waals surface area (Å²) >= 11 is 0. The van der Waals surface area contributed by atoms with Crippen LogP contribution in [-0.4, -0.2) is 39.1 Å². The lowest BCUT2D eigenvalue weighted by atomic mass is 9.93. The zero-order valence-corrected chi connectivity index (χ0v) is 24.4. The summed E-state index contributed by atoms with van der Waals surface area (Å²) < 4.78 is 15.3. The van der Waals surface area contributed by atoms with Crippen molar-refractivity contribution in [2.45, 2.75) is 138 Å². The molecule has 35 heavy (non-hydrogen) atoms. The summed E-state index contributed by atoms with van der Waals surface area (Å²) in [5, 5.41) is 0. The van der Waals surface area contributed by atoms with Gasteiger partial charge in [0.15, 0.2) is 0 Å². The molecule has 8 nitrogen and oxygen atoms in total. The monoisotopic (exact) mass is 497 g/mol. The normalized spacial score (nSPS) is 13.5. The van der Waals surface area contributed by atoms with Crippen molar-refractivity contribution in [1.29, 1.82) is 0 Å². The molecule has 0 aliphatic carbocycles. The molecule has 8 heteroatoms. The number of hydrogen-bond donors (Lipinski definition) is 0. The van der Waals surface area contributed by atoms with Crippen molar-refractivity contribution in [3.8, 4) is 0 Å². The summed E-state index contributed by atoms with van der Waals surface area (Å²) in [6.45, 7) is 24.1. The smallest absolute Gasteiger partial charge is 0.337 e. The Morgan fingerprint density at radius 1 is 0.571 bits per heavy atom. The van der Waals surface area contributed by atoms with Crippen LogP contribution < -0.4 is 17.1 Å². The highest BCUT2D eigenvalue weighted by atomic mass is 16.5. The summed E-state index contributed by atoms with van der Waals surface area (Å²) in [6, 6.07) is 0. The maximum Gasteiger partial charge on any atom is 0.337 e. The number of rotatable bonds is 14. The molecule has 0 N–H and O–H groups in total. The number of ether oxygens (including phenoxy) is 2. The maximum atomic E-state index is 13.9. The van der Waals surface area contributed by atoms with Gasteiger partial charge in [-0.3, -0.25) is 0 Å². The number of hydrogen-bond acceptors (Lipinski definition) is 5. The van der Waals surface area contributed by atoms with Gasteiger partial charge in [-0.05, 0) is 101 Å². The molecule has 1 heterocycles. The Bertz CT molecular complexity index is 929. The van der Waals surface area contributed by atoms with E-state index in [2.05, 4.69) is 13.8 Å². The van der Waals surface area contributed by atoms with E-state index < -0.39 is 33.7 Å². The summed E-state index contributed by atoms with van der Waals surface area (Å²) in [6.07, 6.45) is 2.51. The second-order valence-electron chi connectivity index (χ2n) is 12.6. The van der Waals surface area contributed by atoms with Gasteiger partial charge in [0.1, 0.15) is 0 Å². The van der Waals surface area contributed by atoms with Crippen LogP contribution in [0, 0.1) is 5.92 Å². The third kappa shape index (κ3) is 8.17. The highest BCUT2D eigenvalue weighted by Gasteiger charge is 2.36. The molecule has 0 unspecified atom stereocenters. The fourth-order valence-electron chi connectivity index (χ4n) is 4.17. The summed E-state index contributed by atoms with van der Waals surface area (Å²) in [7, 11) is 0. The van der Waals surface area contributed by atoms with E-state index >= 15 is 0 Å². The van der Waals surface area contributed by atoms with Crippen molar-refractivity contribution in [3.05, 3.63) is 31.5 Å². The Morgan fingerprint density at radius 3 is 1.11 bits per heavy atom. The van der Waals surface area contributed by atoms with E-state index in [1.165, 1.54) is 13.7 Å². The first kappa shape index (κ1) is 31.4. The van der Waals surface area contributed by atoms with Crippen LogP contribution in [0.2, 0.25) is 0 Å². The summed E-state index contributed by atoms with van der Waals surface area (Å²) in [5.74, 6) is 0.423. The topological polar surface area (TPSA) is 84.5 Å². The van der Waals surface area contributed by atoms with Crippen molar-refractivity contribution in [2.24, 2.45) is 5.92 Å². The molecule has 0 fully saturated rings. The quantitative estimate of drug-likeness (QED) is 0.379. The lowest BCUT2D eigenvalue weighted by Gasteiger charge is -2.36. The number of nitrogens with zero attached hydrogens (tertiary/aromatic N) is 3. The molecule has 0 radical (unpaired) electrons. The molecule has 0 atom stereocenters. The molecule has 204 valence electrons. The van der Waals surface area contributed by atoms with Gasteiger partial charge >= 0.3 is 17.1 Å². The minimum Gasteiger partial charge on any atom is -0.379 e. The molecule has 0 saturated heterocycles. The van der Waals surface area contributed by atoms with Crippen molar-refractivity contribution in [1.82, 2.24) is 13.7 Å². The van der Waals surface area contributed by atoms with Gasteiger partial charge in [-0.15, -0.1) is 0 Å². The van der Waals surface area contributed by atoms with Crippen LogP contribution in [0.3, 0.4) is 0 Å². The van der Waals surface area contributed by atoms with Crippen LogP contribution in [0.15, 0.2) is 14.4 Å². The van der Waals surface area contributed by atoms with E-state index in [1.807, 2.05) is 69.2 Å². The van der Waals surface area contributed by atoms with Gasteiger partial charge in [-0.2, -0.15) is 0 Å². The fourth-order valence-corrected chi connectivity index (χ4v) is 4.17. The maximum absolute atomic E-state index is 13.9. The van der Waals surface area contributed by atoms with E-state index in [9.17, 15) is 14.4 Å². The van der Waals surface area contributed by atoms with Crippen LogP contribution >= 0.6 is 0 Å². The Morgan fingerprint density at radius 2 is 0.857 bits per heavy atom. The molecule has 1 aromatic rings. The first-order chi connectivity index (χ1) is 15.8. The first-order valence-corrected chi connectivity index (χ1v) is 13.1. The van der Waals surface area contributed by atoms with Gasteiger partial charge in [0, 0.05) is 18.8 Å². The second kappa shape index (κ2) is 12.0.